The monoisotopic (exact) mass is 210 g/mol. The third kappa shape index (κ3) is 2.80. The maximum Gasteiger partial charge on any atom is 0.0216 e. The molecule has 3 heteroatoms. The number of nitrogens with two attached hydrogens (primary N) is 1. The minimum absolute atomic E-state index is 0.453. The molecule has 0 amide bonds. The van der Waals surface area contributed by atoms with E-state index in [2.05, 4.69) is 22.1 Å². The minimum Gasteiger partial charge on any atom is -0.328 e. The Morgan fingerprint density at radius 3 is 2.79 bits per heavy atom. The molecule has 0 spiro atoms. The second-order valence-corrected chi connectivity index (χ2v) is 4.90. The summed E-state index contributed by atoms with van der Waals surface area (Å²) >= 11 is 1.77. The van der Waals surface area contributed by atoms with Crippen LogP contribution in [0, 0.1) is 0 Å². The highest BCUT2D eigenvalue weighted by molar-refractivity contribution is 7.07. The summed E-state index contributed by atoms with van der Waals surface area (Å²) in [6.07, 6.45) is 4.85. The van der Waals surface area contributed by atoms with E-state index in [4.69, 9.17) is 5.73 Å². The lowest BCUT2D eigenvalue weighted by Crippen LogP contribution is -2.36. The molecule has 14 heavy (non-hydrogen) atoms. The Kier molecular flexibility index (Phi) is 3.56. The van der Waals surface area contributed by atoms with Gasteiger partial charge in [0, 0.05) is 18.6 Å². The van der Waals surface area contributed by atoms with Crippen molar-refractivity contribution in [2.45, 2.75) is 44.3 Å². The Labute approximate surface area is 89.5 Å². The average Bonchev–Trinajstić information content (AvgIpc) is 2.70. The first-order valence-electron chi connectivity index (χ1n) is 5.34. The maximum atomic E-state index is 5.86. The van der Waals surface area contributed by atoms with E-state index in [1.165, 1.54) is 31.2 Å². The third-order valence-electron chi connectivity index (χ3n) is 2.95. The number of rotatable bonds is 3. The van der Waals surface area contributed by atoms with Crippen molar-refractivity contribution in [3.05, 3.63) is 22.4 Å². The number of nitrogens with one attached hydrogen (secondary N) is 1. The van der Waals surface area contributed by atoms with E-state index in [0.717, 1.165) is 6.54 Å². The van der Waals surface area contributed by atoms with Crippen LogP contribution in [0.15, 0.2) is 16.8 Å². The molecule has 1 aliphatic carbocycles. The topological polar surface area (TPSA) is 38.0 Å². The van der Waals surface area contributed by atoms with Gasteiger partial charge in [-0.2, -0.15) is 11.3 Å². The molecule has 0 bridgehead atoms. The SMILES string of the molecule is NC1CCC(NCc2ccsc2)CC1. The summed E-state index contributed by atoms with van der Waals surface area (Å²) < 4.78 is 0. The van der Waals surface area contributed by atoms with Crippen molar-refractivity contribution in [1.29, 1.82) is 0 Å². The van der Waals surface area contributed by atoms with E-state index >= 15 is 0 Å². The zero-order valence-electron chi connectivity index (χ0n) is 8.41. The van der Waals surface area contributed by atoms with E-state index in [1.54, 1.807) is 11.3 Å². The van der Waals surface area contributed by atoms with Gasteiger partial charge >= 0.3 is 0 Å². The summed E-state index contributed by atoms with van der Waals surface area (Å²) in [4.78, 5) is 0. The van der Waals surface area contributed by atoms with Gasteiger partial charge in [0.2, 0.25) is 0 Å². The lowest BCUT2D eigenvalue weighted by molar-refractivity contribution is 0.342. The molecule has 0 aliphatic heterocycles. The average molecular weight is 210 g/mol. The van der Waals surface area contributed by atoms with Crippen molar-refractivity contribution in [1.82, 2.24) is 5.32 Å². The number of hydrogen-bond donors (Lipinski definition) is 2. The maximum absolute atomic E-state index is 5.86. The van der Waals surface area contributed by atoms with Crippen LogP contribution in [-0.4, -0.2) is 12.1 Å². The fourth-order valence-corrected chi connectivity index (χ4v) is 2.65. The van der Waals surface area contributed by atoms with E-state index in [-0.39, 0.29) is 0 Å². The molecule has 1 saturated carbocycles. The van der Waals surface area contributed by atoms with E-state index in [0.29, 0.717) is 12.1 Å². The van der Waals surface area contributed by atoms with Crippen LogP contribution in [0.25, 0.3) is 0 Å². The second kappa shape index (κ2) is 4.91. The quantitative estimate of drug-likeness (QED) is 0.802. The Bertz CT molecular complexity index is 250. The van der Waals surface area contributed by atoms with Gasteiger partial charge in [-0.15, -0.1) is 0 Å². The van der Waals surface area contributed by atoms with Gasteiger partial charge < -0.3 is 11.1 Å². The fourth-order valence-electron chi connectivity index (χ4n) is 1.98. The molecule has 3 N–H and O–H groups in total. The predicted octanol–water partition coefficient (Wildman–Crippen LogP) is 2.11. The fraction of sp³-hybridized carbons (Fsp3) is 0.636. The molecule has 1 aliphatic rings. The first kappa shape index (κ1) is 10.1. The van der Waals surface area contributed by atoms with Crippen molar-refractivity contribution in [3.63, 3.8) is 0 Å². The molecule has 0 aromatic carbocycles. The van der Waals surface area contributed by atoms with Crippen molar-refractivity contribution in [3.8, 4) is 0 Å². The molecule has 2 rings (SSSR count). The normalized spacial score (nSPS) is 27.8. The summed E-state index contributed by atoms with van der Waals surface area (Å²) in [5, 5.41) is 7.94. The zero-order valence-corrected chi connectivity index (χ0v) is 9.22. The number of hydrogen-bond acceptors (Lipinski definition) is 3. The molecule has 1 aromatic heterocycles. The van der Waals surface area contributed by atoms with Crippen LogP contribution in [-0.2, 0) is 6.54 Å². The molecule has 1 heterocycles. The lowest BCUT2D eigenvalue weighted by Gasteiger charge is -2.26. The highest BCUT2D eigenvalue weighted by Gasteiger charge is 2.17. The molecule has 78 valence electrons. The van der Waals surface area contributed by atoms with Crippen molar-refractivity contribution >= 4 is 11.3 Å². The molecular weight excluding hydrogens is 192 g/mol. The van der Waals surface area contributed by atoms with Gasteiger partial charge in [0.25, 0.3) is 0 Å². The van der Waals surface area contributed by atoms with Crippen LogP contribution in [0.1, 0.15) is 31.2 Å². The standard InChI is InChI=1S/C11H18N2S/c12-10-1-3-11(4-2-10)13-7-9-5-6-14-8-9/h5-6,8,10-11,13H,1-4,7,12H2. The number of thiophene rings is 1. The van der Waals surface area contributed by atoms with Gasteiger partial charge in [-0.05, 0) is 48.1 Å². The molecular formula is C11H18N2S. The molecule has 1 aromatic rings. The summed E-state index contributed by atoms with van der Waals surface area (Å²) in [6.45, 7) is 1.02. The second-order valence-electron chi connectivity index (χ2n) is 4.12. The summed E-state index contributed by atoms with van der Waals surface area (Å²) in [6, 6.07) is 3.33. The van der Waals surface area contributed by atoms with Crippen molar-refractivity contribution in [2.24, 2.45) is 5.73 Å². The Balaban J connectivity index is 1.71. The molecule has 0 radical (unpaired) electrons. The Hall–Kier alpha value is -0.380. The first-order valence-corrected chi connectivity index (χ1v) is 6.29. The predicted molar refractivity (Wildman–Crippen MR) is 61.4 cm³/mol. The van der Waals surface area contributed by atoms with Gasteiger partial charge in [-0.25, -0.2) is 0 Å². The van der Waals surface area contributed by atoms with Gasteiger partial charge in [0.05, 0.1) is 0 Å². The van der Waals surface area contributed by atoms with Crippen molar-refractivity contribution in [2.75, 3.05) is 0 Å². The third-order valence-corrected chi connectivity index (χ3v) is 3.68. The van der Waals surface area contributed by atoms with Crippen molar-refractivity contribution < 1.29 is 0 Å². The lowest BCUT2D eigenvalue weighted by atomic mass is 9.92. The Morgan fingerprint density at radius 1 is 1.36 bits per heavy atom. The summed E-state index contributed by atoms with van der Waals surface area (Å²) in [7, 11) is 0. The highest BCUT2D eigenvalue weighted by atomic mass is 32.1. The van der Waals surface area contributed by atoms with Crippen LogP contribution in [0.3, 0.4) is 0 Å². The van der Waals surface area contributed by atoms with Crippen LogP contribution in [0.4, 0.5) is 0 Å². The minimum atomic E-state index is 0.453. The van der Waals surface area contributed by atoms with Crippen LogP contribution < -0.4 is 11.1 Å². The van der Waals surface area contributed by atoms with Gasteiger partial charge in [-0.3, -0.25) is 0 Å². The summed E-state index contributed by atoms with van der Waals surface area (Å²) in [5.41, 5.74) is 7.27. The van der Waals surface area contributed by atoms with Gasteiger partial charge in [-0.1, -0.05) is 0 Å². The van der Waals surface area contributed by atoms with E-state index in [9.17, 15) is 0 Å². The Morgan fingerprint density at radius 2 is 2.14 bits per heavy atom. The zero-order chi connectivity index (χ0) is 9.80. The van der Waals surface area contributed by atoms with E-state index < -0.39 is 0 Å². The van der Waals surface area contributed by atoms with Crippen LogP contribution in [0.2, 0.25) is 0 Å². The molecule has 0 atom stereocenters. The molecule has 0 unspecified atom stereocenters. The smallest absolute Gasteiger partial charge is 0.0216 e. The highest BCUT2D eigenvalue weighted by Crippen LogP contribution is 2.17. The molecule has 0 saturated heterocycles. The molecule has 2 nitrogen and oxygen atoms in total. The van der Waals surface area contributed by atoms with Crippen LogP contribution >= 0.6 is 11.3 Å². The largest absolute Gasteiger partial charge is 0.328 e. The summed E-state index contributed by atoms with van der Waals surface area (Å²) in [5.74, 6) is 0. The van der Waals surface area contributed by atoms with E-state index in [1.807, 2.05) is 0 Å². The first-order chi connectivity index (χ1) is 6.84. The van der Waals surface area contributed by atoms with Crippen LogP contribution in [0.5, 0.6) is 0 Å². The molecule has 1 fully saturated rings. The van der Waals surface area contributed by atoms with Gasteiger partial charge in [0.15, 0.2) is 0 Å². The van der Waals surface area contributed by atoms with Gasteiger partial charge in [0.1, 0.15) is 0 Å².